The molecule has 1 aromatic carbocycles. The van der Waals surface area contributed by atoms with Crippen molar-refractivity contribution in [1.82, 2.24) is 4.98 Å². The summed E-state index contributed by atoms with van der Waals surface area (Å²) in [7, 11) is 0. The lowest BCUT2D eigenvalue weighted by molar-refractivity contribution is 0.0523. The van der Waals surface area contributed by atoms with E-state index >= 15 is 0 Å². The summed E-state index contributed by atoms with van der Waals surface area (Å²) in [6.07, 6.45) is 0. The zero-order chi connectivity index (χ0) is 17.0. The van der Waals surface area contributed by atoms with Gasteiger partial charge in [0, 0.05) is 15.2 Å². The quantitative estimate of drug-likeness (QED) is 0.499. The van der Waals surface area contributed by atoms with Gasteiger partial charge in [-0.15, -0.1) is 0 Å². The van der Waals surface area contributed by atoms with Crippen LogP contribution in [0.5, 0.6) is 0 Å². The van der Waals surface area contributed by atoms with Gasteiger partial charge in [0.2, 0.25) is 5.56 Å². The number of ether oxygens (including phenoxy) is 1. The van der Waals surface area contributed by atoms with E-state index in [1.54, 1.807) is 13.0 Å². The number of nitrogens with one attached hydrogen (secondary N) is 2. The molecule has 2 aromatic rings. The molecule has 0 unspecified atom stereocenters. The molecule has 23 heavy (non-hydrogen) atoms. The van der Waals surface area contributed by atoms with Crippen molar-refractivity contribution in [2.45, 2.75) is 13.5 Å². The first-order chi connectivity index (χ1) is 11.0. The average molecular weight is 432 g/mol. The van der Waals surface area contributed by atoms with E-state index in [2.05, 4.69) is 10.3 Å². The van der Waals surface area contributed by atoms with Crippen molar-refractivity contribution in [3.05, 3.63) is 55.1 Å². The summed E-state index contributed by atoms with van der Waals surface area (Å²) in [6.45, 7) is 1.23. The Kier molecular flexibility index (Phi) is 5.72. The van der Waals surface area contributed by atoms with Gasteiger partial charge in [0.05, 0.1) is 18.9 Å². The third-order valence-corrected chi connectivity index (χ3v) is 3.64. The Hall–Kier alpha value is -1.94. The van der Waals surface area contributed by atoms with E-state index in [1.165, 1.54) is 12.1 Å². The molecule has 0 atom stereocenters. The van der Waals surface area contributed by atoms with Crippen LogP contribution >= 0.6 is 22.6 Å². The van der Waals surface area contributed by atoms with Crippen molar-refractivity contribution in [1.29, 1.82) is 0 Å². The van der Waals surface area contributed by atoms with Crippen LogP contribution in [0.4, 0.5) is 15.9 Å². The molecule has 2 rings (SSSR count). The lowest BCUT2D eigenvalue weighted by Crippen LogP contribution is -2.18. The minimum absolute atomic E-state index is 0.0277. The lowest BCUT2D eigenvalue weighted by atomic mass is 10.1. The molecule has 0 spiro atoms. The zero-order valence-corrected chi connectivity index (χ0v) is 14.3. The number of benzene rings is 1. The summed E-state index contributed by atoms with van der Waals surface area (Å²) in [5, 5.41) is 12.1. The van der Waals surface area contributed by atoms with E-state index < -0.39 is 24.0 Å². The van der Waals surface area contributed by atoms with E-state index in [4.69, 9.17) is 4.74 Å². The summed E-state index contributed by atoms with van der Waals surface area (Å²) in [4.78, 5) is 26.2. The number of rotatable bonds is 5. The predicted molar refractivity (Wildman–Crippen MR) is 91.3 cm³/mol. The second kappa shape index (κ2) is 7.55. The van der Waals surface area contributed by atoms with E-state index in [-0.39, 0.29) is 29.2 Å². The summed E-state index contributed by atoms with van der Waals surface area (Å²) in [5.74, 6) is -1.29. The highest BCUT2D eigenvalue weighted by atomic mass is 127. The minimum atomic E-state index is -0.721. The van der Waals surface area contributed by atoms with Gasteiger partial charge in [-0.05, 0) is 47.7 Å². The maximum absolute atomic E-state index is 14.0. The molecule has 8 heteroatoms. The molecule has 0 saturated heterocycles. The molecule has 3 N–H and O–H groups in total. The summed E-state index contributed by atoms with van der Waals surface area (Å²) >= 11 is 1.97. The number of aliphatic hydroxyl groups excluding tert-OH is 1. The van der Waals surface area contributed by atoms with Crippen molar-refractivity contribution in [3.63, 3.8) is 0 Å². The number of aromatic nitrogens is 1. The first kappa shape index (κ1) is 17.4. The van der Waals surface area contributed by atoms with Crippen molar-refractivity contribution in [2.24, 2.45) is 0 Å². The molecule has 0 aliphatic heterocycles. The number of aliphatic hydroxyl groups is 1. The highest BCUT2D eigenvalue weighted by Gasteiger charge is 2.20. The smallest absolute Gasteiger partial charge is 0.342 e. The number of carbonyl (C=O) groups excluding carboxylic acids is 1. The standard InChI is InChI=1S/C15H14FIN2O4/c1-2-23-15(22)13-8(7-20)5-12(21)19-14(13)18-11-4-3-9(17)6-10(11)16/h3-6,20H,2,7H2,1H3,(H2,18,19,21). The summed E-state index contributed by atoms with van der Waals surface area (Å²) in [6, 6.07) is 5.56. The Morgan fingerprint density at radius 3 is 2.78 bits per heavy atom. The highest BCUT2D eigenvalue weighted by Crippen LogP contribution is 2.24. The Bertz CT molecular complexity index is 792. The Morgan fingerprint density at radius 2 is 2.17 bits per heavy atom. The van der Waals surface area contributed by atoms with Gasteiger partial charge in [-0.3, -0.25) is 4.79 Å². The largest absolute Gasteiger partial charge is 0.462 e. The Labute approximate surface area is 144 Å². The fourth-order valence-electron chi connectivity index (χ4n) is 1.99. The Balaban J connectivity index is 2.53. The number of hydrogen-bond donors (Lipinski definition) is 3. The molecule has 0 amide bonds. The zero-order valence-electron chi connectivity index (χ0n) is 12.2. The van der Waals surface area contributed by atoms with Gasteiger partial charge in [0.1, 0.15) is 17.2 Å². The number of carbonyl (C=O) groups is 1. The Morgan fingerprint density at radius 1 is 1.43 bits per heavy atom. The number of H-pyrrole nitrogens is 1. The van der Waals surface area contributed by atoms with Crippen molar-refractivity contribution in [3.8, 4) is 0 Å². The van der Waals surface area contributed by atoms with Crippen LogP contribution < -0.4 is 10.9 Å². The normalized spacial score (nSPS) is 10.4. The van der Waals surface area contributed by atoms with E-state index in [9.17, 15) is 19.1 Å². The highest BCUT2D eigenvalue weighted by molar-refractivity contribution is 14.1. The number of esters is 1. The number of pyridine rings is 1. The second-order valence-electron chi connectivity index (χ2n) is 4.54. The van der Waals surface area contributed by atoms with Gasteiger partial charge in [0.15, 0.2) is 0 Å². The molecular weight excluding hydrogens is 418 g/mol. The number of anilines is 2. The maximum atomic E-state index is 14.0. The molecule has 1 heterocycles. The molecular formula is C15H14FIN2O4. The van der Waals surface area contributed by atoms with E-state index in [1.807, 2.05) is 22.6 Å². The first-order valence-corrected chi connectivity index (χ1v) is 7.80. The van der Waals surface area contributed by atoms with Crippen molar-refractivity contribution >= 4 is 40.1 Å². The van der Waals surface area contributed by atoms with Crippen LogP contribution in [0.1, 0.15) is 22.8 Å². The fourth-order valence-corrected chi connectivity index (χ4v) is 2.45. The monoisotopic (exact) mass is 432 g/mol. The average Bonchev–Trinajstić information content (AvgIpc) is 2.49. The molecule has 122 valence electrons. The van der Waals surface area contributed by atoms with Crippen LogP contribution in [-0.2, 0) is 11.3 Å². The van der Waals surface area contributed by atoms with Crippen LogP contribution in [0.2, 0.25) is 0 Å². The molecule has 0 bridgehead atoms. The third-order valence-electron chi connectivity index (χ3n) is 2.97. The summed E-state index contributed by atoms with van der Waals surface area (Å²) in [5.41, 5.74) is -0.384. The van der Waals surface area contributed by atoms with Crippen LogP contribution in [0.3, 0.4) is 0 Å². The first-order valence-electron chi connectivity index (χ1n) is 6.72. The van der Waals surface area contributed by atoms with Gasteiger partial charge in [-0.2, -0.15) is 0 Å². The second-order valence-corrected chi connectivity index (χ2v) is 5.78. The van der Waals surface area contributed by atoms with Crippen LogP contribution in [0.25, 0.3) is 0 Å². The minimum Gasteiger partial charge on any atom is -0.462 e. The third kappa shape index (κ3) is 4.08. The molecule has 0 aliphatic rings. The molecule has 6 nitrogen and oxygen atoms in total. The fraction of sp³-hybridized carbons (Fsp3) is 0.200. The molecule has 1 aromatic heterocycles. The lowest BCUT2D eigenvalue weighted by Gasteiger charge is -2.14. The van der Waals surface area contributed by atoms with Crippen molar-refractivity contribution < 1.29 is 19.0 Å². The summed E-state index contributed by atoms with van der Waals surface area (Å²) < 4.78 is 19.6. The maximum Gasteiger partial charge on any atom is 0.342 e. The molecule has 0 aliphatic carbocycles. The number of aromatic amines is 1. The number of halogens is 2. The van der Waals surface area contributed by atoms with Crippen molar-refractivity contribution in [2.75, 3.05) is 11.9 Å². The van der Waals surface area contributed by atoms with Gasteiger partial charge >= 0.3 is 5.97 Å². The van der Waals surface area contributed by atoms with Crippen LogP contribution in [0.15, 0.2) is 29.1 Å². The van der Waals surface area contributed by atoms with Gasteiger partial charge < -0.3 is 20.1 Å². The van der Waals surface area contributed by atoms with Gasteiger partial charge in [-0.25, -0.2) is 9.18 Å². The topological polar surface area (TPSA) is 91.4 Å². The van der Waals surface area contributed by atoms with Crippen LogP contribution in [-0.4, -0.2) is 22.7 Å². The molecule has 0 saturated carbocycles. The van der Waals surface area contributed by atoms with Gasteiger partial charge in [0.25, 0.3) is 0 Å². The SMILES string of the molecule is CCOC(=O)c1c(CO)cc(=O)[nH]c1Nc1ccc(I)cc1F. The molecule has 0 radical (unpaired) electrons. The van der Waals surface area contributed by atoms with Gasteiger partial charge in [-0.1, -0.05) is 0 Å². The molecule has 0 fully saturated rings. The number of hydrogen-bond acceptors (Lipinski definition) is 5. The van der Waals surface area contributed by atoms with E-state index in [0.717, 1.165) is 6.07 Å². The van der Waals surface area contributed by atoms with E-state index in [0.29, 0.717) is 3.57 Å². The van der Waals surface area contributed by atoms with Crippen LogP contribution in [0, 0.1) is 9.39 Å². The predicted octanol–water partition coefficient (Wildman–Crippen LogP) is 2.53.